The van der Waals surface area contributed by atoms with Gasteiger partial charge in [0.1, 0.15) is 5.69 Å². The average molecular weight is 381 g/mol. The molecular formula is C21H21ClN4O. The Kier molecular flexibility index (Phi) is 5.72. The number of benzene rings is 2. The summed E-state index contributed by atoms with van der Waals surface area (Å²) in [5.41, 5.74) is 3.59. The SMILES string of the molecule is Cc1cc(C(=O)Nc2ccc(C(C)C)cc2)nc(Nc2ccccc2Cl)n1. The molecule has 6 heteroatoms. The minimum Gasteiger partial charge on any atom is -0.323 e. The highest BCUT2D eigenvalue weighted by atomic mass is 35.5. The summed E-state index contributed by atoms with van der Waals surface area (Å²) >= 11 is 6.16. The molecule has 0 saturated heterocycles. The van der Waals surface area contributed by atoms with Crippen LogP contribution in [0, 0.1) is 6.92 Å². The summed E-state index contributed by atoms with van der Waals surface area (Å²) in [6.45, 7) is 6.07. The fourth-order valence-electron chi connectivity index (χ4n) is 2.57. The van der Waals surface area contributed by atoms with Crippen molar-refractivity contribution < 1.29 is 4.79 Å². The van der Waals surface area contributed by atoms with E-state index in [0.717, 1.165) is 5.69 Å². The van der Waals surface area contributed by atoms with Crippen LogP contribution in [-0.2, 0) is 0 Å². The van der Waals surface area contributed by atoms with Crippen molar-refractivity contribution in [3.05, 3.63) is 76.6 Å². The van der Waals surface area contributed by atoms with Crippen LogP contribution in [0.5, 0.6) is 0 Å². The zero-order chi connectivity index (χ0) is 19.4. The number of anilines is 3. The van der Waals surface area contributed by atoms with E-state index in [4.69, 9.17) is 11.6 Å². The fourth-order valence-corrected chi connectivity index (χ4v) is 2.75. The normalized spacial score (nSPS) is 10.7. The first-order chi connectivity index (χ1) is 12.9. The van der Waals surface area contributed by atoms with Gasteiger partial charge in [0.25, 0.3) is 5.91 Å². The highest BCUT2D eigenvalue weighted by molar-refractivity contribution is 6.33. The van der Waals surface area contributed by atoms with E-state index < -0.39 is 0 Å². The van der Waals surface area contributed by atoms with Crippen LogP contribution in [-0.4, -0.2) is 15.9 Å². The summed E-state index contributed by atoms with van der Waals surface area (Å²) in [6, 6.07) is 16.8. The van der Waals surface area contributed by atoms with Gasteiger partial charge in [0, 0.05) is 11.4 Å². The molecule has 0 fully saturated rings. The van der Waals surface area contributed by atoms with Crippen molar-refractivity contribution in [3.63, 3.8) is 0 Å². The van der Waals surface area contributed by atoms with Crippen molar-refractivity contribution in [2.75, 3.05) is 10.6 Å². The molecule has 1 amide bonds. The van der Waals surface area contributed by atoms with Crippen LogP contribution in [0.25, 0.3) is 0 Å². The maximum atomic E-state index is 12.6. The molecule has 5 nitrogen and oxygen atoms in total. The highest BCUT2D eigenvalue weighted by Crippen LogP contribution is 2.23. The van der Waals surface area contributed by atoms with Crippen molar-refractivity contribution in [1.82, 2.24) is 9.97 Å². The van der Waals surface area contributed by atoms with Gasteiger partial charge in [0.2, 0.25) is 5.95 Å². The van der Waals surface area contributed by atoms with Gasteiger partial charge in [0.15, 0.2) is 0 Å². The molecule has 138 valence electrons. The second-order valence-electron chi connectivity index (χ2n) is 6.55. The highest BCUT2D eigenvalue weighted by Gasteiger charge is 2.12. The molecule has 0 radical (unpaired) electrons. The Balaban J connectivity index is 1.78. The molecule has 0 unspecified atom stereocenters. The maximum Gasteiger partial charge on any atom is 0.274 e. The topological polar surface area (TPSA) is 66.9 Å². The van der Waals surface area contributed by atoms with Gasteiger partial charge in [-0.3, -0.25) is 4.79 Å². The average Bonchev–Trinajstić information content (AvgIpc) is 2.63. The van der Waals surface area contributed by atoms with E-state index in [0.29, 0.717) is 28.3 Å². The first kappa shape index (κ1) is 18.9. The fraction of sp³-hybridized carbons (Fsp3) is 0.190. The van der Waals surface area contributed by atoms with E-state index in [-0.39, 0.29) is 11.6 Å². The molecule has 27 heavy (non-hydrogen) atoms. The third kappa shape index (κ3) is 4.83. The second kappa shape index (κ2) is 8.18. The molecule has 2 aromatic carbocycles. The third-order valence-electron chi connectivity index (χ3n) is 4.04. The number of amides is 1. The van der Waals surface area contributed by atoms with E-state index in [9.17, 15) is 4.79 Å². The van der Waals surface area contributed by atoms with Crippen LogP contribution < -0.4 is 10.6 Å². The van der Waals surface area contributed by atoms with Crippen LogP contribution >= 0.6 is 11.6 Å². The molecule has 0 atom stereocenters. The standard InChI is InChI=1S/C21H21ClN4O/c1-13(2)15-8-10-16(11-9-15)24-20(27)19-12-14(3)23-21(26-19)25-18-7-5-4-6-17(18)22/h4-13H,1-3H3,(H,24,27)(H,23,25,26). The van der Waals surface area contributed by atoms with Gasteiger partial charge in [-0.1, -0.05) is 49.7 Å². The number of aryl methyl sites for hydroxylation is 1. The Morgan fingerprint density at radius 3 is 2.41 bits per heavy atom. The van der Waals surface area contributed by atoms with Crippen LogP contribution in [0.2, 0.25) is 5.02 Å². The van der Waals surface area contributed by atoms with Gasteiger partial charge >= 0.3 is 0 Å². The molecule has 3 aromatic rings. The monoisotopic (exact) mass is 380 g/mol. The number of nitrogens with one attached hydrogen (secondary N) is 2. The van der Waals surface area contributed by atoms with Gasteiger partial charge in [-0.2, -0.15) is 0 Å². The summed E-state index contributed by atoms with van der Waals surface area (Å²) < 4.78 is 0. The van der Waals surface area contributed by atoms with Crippen molar-refractivity contribution >= 4 is 34.8 Å². The Morgan fingerprint density at radius 2 is 1.74 bits per heavy atom. The Hall–Kier alpha value is -2.92. The zero-order valence-corrected chi connectivity index (χ0v) is 16.2. The molecule has 1 aromatic heterocycles. The van der Waals surface area contributed by atoms with Crippen molar-refractivity contribution in [2.45, 2.75) is 26.7 Å². The van der Waals surface area contributed by atoms with E-state index in [1.807, 2.05) is 49.4 Å². The third-order valence-corrected chi connectivity index (χ3v) is 4.37. The summed E-state index contributed by atoms with van der Waals surface area (Å²) in [5.74, 6) is 0.473. The summed E-state index contributed by atoms with van der Waals surface area (Å²) in [5, 5.41) is 6.48. The quantitative estimate of drug-likeness (QED) is 0.608. The van der Waals surface area contributed by atoms with Gasteiger partial charge in [-0.15, -0.1) is 0 Å². The Morgan fingerprint density at radius 1 is 1.04 bits per heavy atom. The molecule has 0 aliphatic rings. The van der Waals surface area contributed by atoms with E-state index in [2.05, 4.69) is 34.4 Å². The van der Waals surface area contributed by atoms with E-state index >= 15 is 0 Å². The lowest BCUT2D eigenvalue weighted by atomic mass is 10.0. The van der Waals surface area contributed by atoms with E-state index in [1.54, 1.807) is 12.1 Å². The maximum absolute atomic E-state index is 12.6. The molecule has 2 N–H and O–H groups in total. The summed E-state index contributed by atoms with van der Waals surface area (Å²) in [6.07, 6.45) is 0. The van der Waals surface area contributed by atoms with E-state index in [1.165, 1.54) is 5.56 Å². The second-order valence-corrected chi connectivity index (χ2v) is 6.96. The molecule has 1 heterocycles. The van der Waals surface area contributed by atoms with Gasteiger partial charge in [-0.05, 0) is 48.7 Å². The van der Waals surface area contributed by atoms with Gasteiger partial charge in [-0.25, -0.2) is 9.97 Å². The lowest BCUT2D eigenvalue weighted by Crippen LogP contribution is -2.15. The lowest BCUT2D eigenvalue weighted by Gasteiger charge is -2.10. The number of para-hydroxylation sites is 1. The van der Waals surface area contributed by atoms with Gasteiger partial charge in [0.05, 0.1) is 10.7 Å². The molecule has 0 aliphatic carbocycles. The molecule has 0 bridgehead atoms. The number of carbonyl (C=O) groups is 1. The van der Waals surface area contributed by atoms with Crippen molar-refractivity contribution in [3.8, 4) is 0 Å². The van der Waals surface area contributed by atoms with Crippen LogP contribution in [0.4, 0.5) is 17.3 Å². The number of aromatic nitrogens is 2. The lowest BCUT2D eigenvalue weighted by molar-refractivity contribution is 0.102. The van der Waals surface area contributed by atoms with Crippen LogP contribution in [0.15, 0.2) is 54.6 Å². The predicted molar refractivity (Wildman–Crippen MR) is 110 cm³/mol. The van der Waals surface area contributed by atoms with Crippen molar-refractivity contribution in [2.24, 2.45) is 0 Å². The Bertz CT molecular complexity index is 955. The number of nitrogens with zero attached hydrogens (tertiary/aromatic N) is 2. The number of halogens is 1. The molecule has 0 saturated carbocycles. The van der Waals surface area contributed by atoms with Crippen molar-refractivity contribution in [1.29, 1.82) is 0 Å². The smallest absolute Gasteiger partial charge is 0.274 e. The number of rotatable bonds is 5. The Labute approximate surface area is 163 Å². The largest absolute Gasteiger partial charge is 0.323 e. The zero-order valence-electron chi connectivity index (χ0n) is 15.5. The predicted octanol–water partition coefficient (Wildman–Crippen LogP) is 5.56. The minimum atomic E-state index is -0.292. The molecule has 3 rings (SSSR count). The van der Waals surface area contributed by atoms with Crippen LogP contribution in [0.3, 0.4) is 0 Å². The first-order valence-corrected chi connectivity index (χ1v) is 9.08. The number of hydrogen-bond donors (Lipinski definition) is 2. The summed E-state index contributed by atoms with van der Waals surface area (Å²) in [7, 11) is 0. The first-order valence-electron chi connectivity index (χ1n) is 8.71. The number of carbonyl (C=O) groups excluding carboxylic acids is 1. The van der Waals surface area contributed by atoms with Gasteiger partial charge < -0.3 is 10.6 Å². The van der Waals surface area contributed by atoms with Crippen LogP contribution in [0.1, 0.15) is 41.5 Å². The molecule has 0 spiro atoms. The summed E-state index contributed by atoms with van der Waals surface area (Å²) in [4.78, 5) is 21.3. The molecular weight excluding hydrogens is 360 g/mol. The number of hydrogen-bond acceptors (Lipinski definition) is 4. The minimum absolute atomic E-state index is 0.282. The molecule has 0 aliphatic heterocycles.